The Morgan fingerprint density at radius 2 is 2.18 bits per heavy atom. The minimum Gasteiger partial charge on any atom is -0.466 e. The number of carbonyl (C=O) groups excluding carboxylic acids is 2. The van der Waals surface area contributed by atoms with E-state index in [1.807, 2.05) is 0 Å². The summed E-state index contributed by atoms with van der Waals surface area (Å²) in [6, 6.07) is -0.617. The summed E-state index contributed by atoms with van der Waals surface area (Å²) >= 11 is 1.53. The smallest absolute Gasteiger partial charge is 0.324 e. The lowest BCUT2D eigenvalue weighted by atomic mass is 10.4. The molecule has 17 heavy (non-hydrogen) atoms. The molecule has 6 heteroatoms. The van der Waals surface area contributed by atoms with Crippen molar-refractivity contribution in [1.82, 2.24) is 0 Å². The Balaban J connectivity index is 3.43. The normalized spacial score (nSPS) is 11.6. The van der Waals surface area contributed by atoms with Gasteiger partial charge in [-0.3, -0.25) is 9.59 Å². The molecule has 98 valence electrons. The summed E-state index contributed by atoms with van der Waals surface area (Å²) < 4.78 is 9.56. The highest BCUT2D eigenvalue weighted by molar-refractivity contribution is 7.99. The van der Waals surface area contributed by atoms with Gasteiger partial charge in [-0.25, -0.2) is 0 Å². The number of thioether (sulfide) groups is 1. The molecule has 2 N–H and O–H groups in total. The fourth-order valence-corrected chi connectivity index (χ4v) is 1.78. The lowest BCUT2D eigenvalue weighted by Crippen LogP contribution is -2.34. The van der Waals surface area contributed by atoms with E-state index >= 15 is 0 Å². The minimum absolute atomic E-state index is 0.184. The Morgan fingerprint density at radius 3 is 2.76 bits per heavy atom. The van der Waals surface area contributed by atoms with Gasteiger partial charge in [0.2, 0.25) is 0 Å². The van der Waals surface area contributed by atoms with E-state index in [1.165, 1.54) is 24.8 Å². The molecule has 0 saturated carbocycles. The maximum atomic E-state index is 11.2. The zero-order valence-corrected chi connectivity index (χ0v) is 10.8. The first-order chi connectivity index (χ1) is 8.07. The predicted octanol–water partition coefficient (Wildman–Crippen LogP) is 0.729. The van der Waals surface area contributed by atoms with Crippen LogP contribution in [0.4, 0.5) is 0 Å². The highest BCUT2D eigenvalue weighted by atomic mass is 32.2. The molecule has 0 unspecified atom stereocenters. The van der Waals surface area contributed by atoms with Crippen LogP contribution in [0.15, 0.2) is 12.7 Å². The Labute approximate surface area is 106 Å². The SMILES string of the molecule is C=CCOC(=O)[C@@H](N)CSCCCOC(C)=O. The van der Waals surface area contributed by atoms with Gasteiger partial charge in [0.15, 0.2) is 0 Å². The van der Waals surface area contributed by atoms with Crippen molar-refractivity contribution in [2.24, 2.45) is 5.73 Å². The molecule has 0 aromatic heterocycles. The second-order valence-corrected chi connectivity index (χ2v) is 4.44. The number of ether oxygens (including phenoxy) is 2. The van der Waals surface area contributed by atoms with E-state index < -0.39 is 12.0 Å². The van der Waals surface area contributed by atoms with Crippen molar-refractivity contribution >= 4 is 23.7 Å². The first-order valence-electron chi connectivity index (χ1n) is 5.32. The summed E-state index contributed by atoms with van der Waals surface area (Å²) in [5.41, 5.74) is 5.61. The summed E-state index contributed by atoms with van der Waals surface area (Å²) in [5.74, 6) is 0.586. The summed E-state index contributed by atoms with van der Waals surface area (Å²) in [7, 11) is 0. The standard InChI is InChI=1S/C11H19NO4S/c1-3-5-16-11(14)10(12)8-17-7-4-6-15-9(2)13/h3,10H,1,4-8,12H2,2H3/t10-/m0/s1. The van der Waals surface area contributed by atoms with Crippen molar-refractivity contribution in [3.05, 3.63) is 12.7 Å². The Bertz CT molecular complexity index is 258. The number of hydrogen-bond acceptors (Lipinski definition) is 6. The van der Waals surface area contributed by atoms with E-state index in [0.717, 1.165) is 12.2 Å². The van der Waals surface area contributed by atoms with Crippen LogP contribution >= 0.6 is 11.8 Å². The van der Waals surface area contributed by atoms with Gasteiger partial charge >= 0.3 is 11.9 Å². The topological polar surface area (TPSA) is 78.6 Å². The second-order valence-electron chi connectivity index (χ2n) is 3.29. The fraction of sp³-hybridized carbons (Fsp3) is 0.636. The Kier molecular flexibility index (Phi) is 9.56. The average molecular weight is 261 g/mol. The molecule has 0 spiro atoms. The zero-order valence-electron chi connectivity index (χ0n) is 10.0. The zero-order chi connectivity index (χ0) is 13.1. The predicted molar refractivity (Wildman–Crippen MR) is 67.7 cm³/mol. The number of rotatable bonds is 9. The molecule has 0 aromatic carbocycles. The van der Waals surface area contributed by atoms with Crippen LogP contribution in [0.1, 0.15) is 13.3 Å². The number of nitrogens with two attached hydrogens (primary N) is 1. The van der Waals surface area contributed by atoms with E-state index in [4.69, 9.17) is 15.2 Å². The molecule has 0 aliphatic rings. The van der Waals surface area contributed by atoms with Crippen LogP contribution in [0.5, 0.6) is 0 Å². The summed E-state index contributed by atoms with van der Waals surface area (Å²) in [4.78, 5) is 21.7. The summed E-state index contributed by atoms with van der Waals surface area (Å²) in [6.07, 6.45) is 2.25. The molecule has 0 bridgehead atoms. The minimum atomic E-state index is -0.617. The summed E-state index contributed by atoms with van der Waals surface area (Å²) in [6.45, 7) is 5.40. The number of carbonyl (C=O) groups is 2. The van der Waals surface area contributed by atoms with Gasteiger partial charge in [-0.05, 0) is 12.2 Å². The van der Waals surface area contributed by atoms with Crippen LogP contribution in [-0.2, 0) is 19.1 Å². The quantitative estimate of drug-likeness (QED) is 0.374. The molecule has 5 nitrogen and oxygen atoms in total. The van der Waals surface area contributed by atoms with Gasteiger partial charge in [0.25, 0.3) is 0 Å². The van der Waals surface area contributed by atoms with Crippen molar-refractivity contribution in [3.63, 3.8) is 0 Å². The fourth-order valence-electron chi connectivity index (χ4n) is 0.903. The largest absolute Gasteiger partial charge is 0.466 e. The maximum absolute atomic E-state index is 11.2. The van der Waals surface area contributed by atoms with E-state index in [-0.39, 0.29) is 12.6 Å². The molecule has 0 saturated heterocycles. The van der Waals surface area contributed by atoms with Crippen LogP contribution in [0.2, 0.25) is 0 Å². The van der Waals surface area contributed by atoms with Crippen LogP contribution in [-0.4, -0.2) is 42.7 Å². The maximum Gasteiger partial charge on any atom is 0.324 e. The molecule has 0 amide bonds. The molecular weight excluding hydrogens is 242 g/mol. The van der Waals surface area contributed by atoms with Crippen LogP contribution in [0.3, 0.4) is 0 Å². The first kappa shape index (κ1) is 16.0. The molecule has 0 aliphatic heterocycles. The highest BCUT2D eigenvalue weighted by Gasteiger charge is 2.13. The summed E-state index contributed by atoms with van der Waals surface area (Å²) in [5, 5.41) is 0. The van der Waals surface area contributed by atoms with E-state index in [2.05, 4.69) is 6.58 Å². The van der Waals surface area contributed by atoms with Crippen molar-refractivity contribution in [2.45, 2.75) is 19.4 Å². The van der Waals surface area contributed by atoms with Crippen molar-refractivity contribution in [2.75, 3.05) is 24.7 Å². The molecule has 1 atom stereocenters. The van der Waals surface area contributed by atoms with Gasteiger partial charge in [0, 0.05) is 12.7 Å². The third-order valence-corrected chi connectivity index (χ3v) is 2.85. The van der Waals surface area contributed by atoms with Crippen LogP contribution < -0.4 is 5.73 Å². The molecular formula is C11H19NO4S. The van der Waals surface area contributed by atoms with Crippen molar-refractivity contribution < 1.29 is 19.1 Å². The van der Waals surface area contributed by atoms with Gasteiger partial charge in [0.05, 0.1) is 6.61 Å². The van der Waals surface area contributed by atoms with E-state index in [9.17, 15) is 9.59 Å². The number of esters is 2. The van der Waals surface area contributed by atoms with Crippen LogP contribution in [0.25, 0.3) is 0 Å². The van der Waals surface area contributed by atoms with Gasteiger partial charge < -0.3 is 15.2 Å². The molecule has 0 aliphatic carbocycles. The molecule has 0 heterocycles. The van der Waals surface area contributed by atoms with Gasteiger partial charge in [-0.15, -0.1) is 0 Å². The van der Waals surface area contributed by atoms with Crippen molar-refractivity contribution in [3.8, 4) is 0 Å². The second kappa shape index (κ2) is 10.2. The van der Waals surface area contributed by atoms with Gasteiger partial charge in [-0.1, -0.05) is 12.7 Å². The van der Waals surface area contributed by atoms with E-state index in [1.54, 1.807) is 0 Å². The number of hydrogen-bond donors (Lipinski definition) is 1. The first-order valence-corrected chi connectivity index (χ1v) is 6.47. The third kappa shape index (κ3) is 9.89. The lowest BCUT2D eigenvalue weighted by Gasteiger charge is -2.09. The molecule has 0 aromatic rings. The van der Waals surface area contributed by atoms with Gasteiger partial charge in [-0.2, -0.15) is 11.8 Å². The van der Waals surface area contributed by atoms with E-state index in [0.29, 0.717) is 12.4 Å². The average Bonchev–Trinajstić information content (AvgIpc) is 2.29. The van der Waals surface area contributed by atoms with Crippen molar-refractivity contribution in [1.29, 1.82) is 0 Å². The Morgan fingerprint density at radius 1 is 1.47 bits per heavy atom. The lowest BCUT2D eigenvalue weighted by molar-refractivity contribution is -0.143. The highest BCUT2D eigenvalue weighted by Crippen LogP contribution is 2.05. The molecule has 0 fully saturated rings. The van der Waals surface area contributed by atoms with Crippen LogP contribution in [0, 0.1) is 0 Å². The third-order valence-electron chi connectivity index (χ3n) is 1.68. The molecule has 0 radical (unpaired) electrons. The molecule has 0 rings (SSSR count). The monoisotopic (exact) mass is 261 g/mol. The van der Waals surface area contributed by atoms with Gasteiger partial charge in [0.1, 0.15) is 12.6 Å². The Hall–Kier alpha value is -1.01.